The second kappa shape index (κ2) is 7.90. The van der Waals surface area contributed by atoms with Gasteiger partial charge in [-0.25, -0.2) is 0 Å². The van der Waals surface area contributed by atoms with E-state index in [-0.39, 0.29) is 6.61 Å². The molecule has 0 saturated heterocycles. The van der Waals surface area contributed by atoms with Gasteiger partial charge in [-0.15, -0.1) is 0 Å². The molecular formula is C16H18BrNO3. The Morgan fingerprint density at radius 3 is 2.29 bits per heavy atom. The van der Waals surface area contributed by atoms with E-state index in [2.05, 4.69) is 21.2 Å². The Morgan fingerprint density at radius 1 is 1.05 bits per heavy atom. The van der Waals surface area contributed by atoms with Crippen molar-refractivity contribution in [1.29, 1.82) is 0 Å². The lowest BCUT2D eigenvalue weighted by Gasteiger charge is -2.14. The Morgan fingerprint density at radius 2 is 1.67 bits per heavy atom. The largest absolute Gasteiger partial charge is 0.497 e. The first kappa shape index (κ1) is 15.7. The van der Waals surface area contributed by atoms with Gasteiger partial charge in [0, 0.05) is 16.7 Å². The minimum Gasteiger partial charge on any atom is -0.497 e. The minimum atomic E-state index is -0.587. The van der Waals surface area contributed by atoms with E-state index < -0.39 is 6.10 Å². The van der Waals surface area contributed by atoms with Gasteiger partial charge in [-0.1, -0.05) is 15.9 Å². The number of hydrogen-bond acceptors (Lipinski definition) is 4. The minimum absolute atomic E-state index is 0.241. The van der Waals surface area contributed by atoms with Crippen LogP contribution in [0.25, 0.3) is 0 Å². The van der Waals surface area contributed by atoms with Crippen molar-refractivity contribution in [2.45, 2.75) is 6.10 Å². The number of aliphatic hydroxyl groups excluding tert-OH is 1. The second-order valence-corrected chi connectivity index (χ2v) is 5.44. The lowest BCUT2D eigenvalue weighted by atomic mass is 10.3. The summed E-state index contributed by atoms with van der Waals surface area (Å²) < 4.78 is 11.6. The number of benzene rings is 2. The average molecular weight is 352 g/mol. The molecule has 0 aromatic heterocycles. The van der Waals surface area contributed by atoms with Crippen LogP contribution in [0.15, 0.2) is 53.0 Å². The summed E-state index contributed by atoms with van der Waals surface area (Å²) in [6.45, 7) is 0.660. The molecule has 2 aromatic rings. The zero-order valence-electron chi connectivity index (χ0n) is 11.8. The molecule has 2 aromatic carbocycles. The highest BCUT2D eigenvalue weighted by Gasteiger charge is 2.05. The molecule has 0 amide bonds. The molecule has 1 unspecified atom stereocenters. The number of halogens is 1. The predicted octanol–water partition coefficient (Wildman–Crippen LogP) is 3.31. The average Bonchev–Trinajstić information content (AvgIpc) is 2.53. The van der Waals surface area contributed by atoms with E-state index in [1.165, 1.54) is 0 Å². The van der Waals surface area contributed by atoms with Crippen molar-refractivity contribution in [3.63, 3.8) is 0 Å². The lowest BCUT2D eigenvalue weighted by Crippen LogP contribution is -2.26. The third-order valence-corrected chi connectivity index (χ3v) is 3.42. The molecule has 0 radical (unpaired) electrons. The maximum atomic E-state index is 9.91. The first-order valence-electron chi connectivity index (χ1n) is 6.62. The molecule has 0 aliphatic rings. The van der Waals surface area contributed by atoms with E-state index in [9.17, 15) is 5.11 Å². The van der Waals surface area contributed by atoms with Crippen LogP contribution in [0.1, 0.15) is 0 Å². The van der Waals surface area contributed by atoms with E-state index in [1.807, 2.05) is 48.5 Å². The summed E-state index contributed by atoms with van der Waals surface area (Å²) >= 11 is 3.36. The van der Waals surface area contributed by atoms with Gasteiger partial charge in [0.1, 0.15) is 24.2 Å². The molecular weight excluding hydrogens is 334 g/mol. The summed E-state index contributed by atoms with van der Waals surface area (Å²) in [5.41, 5.74) is 0.929. The summed E-state index contributed by atoms with van der Waals surface area (Å²) in [5.74, 6) is 1.54. The summed E-state index contributed by atoms with van der Waals surface area (Å²) in [6.07, 6.45) is -0.587. The Balaban J connectivity index is 1.73. The molecule has 0 heterocycles. The molecule has 4 nitrogen and oxygen atoms in total. The Labute approximate surface area is 132 Å². The van der Waals surface area contributed by atoms with Crippen molar-refractivity contribution >= 4 is 21.6 Å². The van der Waals surface area contributed by atoms with Crippen LogP contribution in [0.4, 0.5) is 5.69 Å². The third-order valence-electron chi connectivity index (χ3n) is 2.89. The fraction of sp³-hybridized carbons (Fsp3) is 0.250. The van der Waals surface area contributed by atoms with Crippen LogP contribution < -0.4 is 14.8 Å². The molecule has 21 heavy (non-hydrogen) atoms. The molecule has 2 N–H and O–H groups in total. The highest BCUT2D eigenvalue weighted by Crippen LogP contribution is 2.17. The van der Waals surface area contributed by atoms with Gasteiger partial charge in [0.25, 0.3) is 0 Å². The van der Waals surface area contributed by atoms with Crippen LogP contribution in [0.3, 0.4) is 0 Å². The van der Waals surface area contributed by atoms with Crippen LogP contribution in [0.2, 0.25) is 0 Å². The van der Waals surface area contributed by atoms with Gasteiger partial charge in [0.05, 0.1) is 7.11 Å². The number of ether oxygens (including phenoxy) is 2. The molecule has 0 bridgehead atoms. The molecule has 112 valence electrons. The molecule has 0 aliphatic carbocycles. The maximum Gasteiger partial charge on any atom is 0.119 e. The van der Waals surface area contributed by atoms with Crippen LogP contribution in [0, 0.1) is 0 Å². The molecule has 0 saturated carbocycles. The van der Waals surface area contributed by atoms with Crippen LogP contribution in [0.5, 0.6) is 11.5 Å². The van der Waals surface area contributed by atoms with Crippen LogP contribution in [-0.2, 0) is 0 Å². The van der Waals surface area contributed by atoms with Gasteiger partial charge in [0.2, 0.25) is 0 Å². The molecule has 2 rings (SSSR count). The van der Waals surface area contributed by atoms with E-state index in [0.29, 0.717) is 6.54 Å². The van der Waals surface area contributed by atoms with Crippen molar-refractivity contribution in [2.75, 3.05) is 25.6 Å². The first-order valence-corrected chi connectivity index (χ1v) is 7.41. The number of methoxy groups -OCH3 is 1. The SMILES string of the molecule is COc1ccc(NCC(O)COc2ccc(Br)cc2)cc1. The summed E-state index contributed by atoms with van der Waals surface area (Å²) in [6, 6.07) is 15.1. The Hall–Kier alpha value is -1.72. The fourth-order valence-corrected chi connectivity index (χ4v) is 1.99. The number of anilines is 1. The van der Waals surface area contributed by atoms with E-state index in [4.69, 9.17) is 9.47 Å². The molecule has 1 atom stereocenters. The van der Waals surface area contributed by atoms with Gasteiger partial charge < -0.3 is 19.9 Å². The van der Waals surface area contributed by atoms with Gasteiger partial charge >= 0.3 is 0 Å². The molecule has 5 heteroatoms. The van der Waals surface area contributed by atoms with Gasteiger partial charge in [0.15, 0.2) is 0 Å². The first-order chi connectivity index (χ1) is 10.2. The maximum absolute atomic E-state index is 9.91. The topological polar surface area (TPSA) is 50.7 Å². The van der Waals surface area contributed by atoms with E-state index in [1.54, 1.807) is 7.11 Å². The normalized spacial score (nSPS) is 11.8. The summed E-state index contributed by atoms with van der Waals surface area (Å²) in [4.78, 5) is 0. The van der Waals surface area contributed by atoms with Crippen molar-refractivity contribution < 1.29 is 14.6 Å². The van der Waals surface area contributed by atoms with Crippen molar-refractivity contribution in [2.24, 2.45) is 0 Å². The highest BCUT2D eigenvalue weighted by molar-refractivity contribution is 9.10. The van der Waals surface area contributed by atoms with Crippen molar-refractivity contribution in [3.8, 4) is 11.5 Å². The Bertz CT molecular complexity index is 542. The van der Waals surface area contributed by atoms with Crippen LogP contribution in [-0.4, -0.2) is 31.5 Å². The summed E-state index contributed by atoms with van der Waals surface area (Å²) in [7, 11) is 1.63. The van der Waals surface area contributed by atoms with E-state index in [0.717, 1.165) is 21.7 Å². The smallest absolute Gasteiger partial charge is 0.119 e. The monoisotopic (exact) mass is 351 g/mol. The predicted molar refractivity (Wildman–Crippen MR) is 87.1 cm³/mol. The zero-order valence-corrected chi connectivity index (χ0v) is 13.3. The van der Waals surface area contributed by atoms with Crippen LogP contribution >= 0.6 is 15.9 Å². The second-order valence-electron chi connectivity index (χ2n) is 4.53. The summed E-state index contributed by atoms with van der Waals surface area (Å²) in [5, 5.41) is 13.1. The van der Waals surface area contributed by atoms with E-state index >= 15 is 0 Å². The van der Waals surface area contributed by atoms with Gasteiger partial charge in [-0.3, -0.25) is 0 Å². The number of nitrogens with one attached hydrogen (secondary N) is 1. The quantitative estimate of drug-likeness (QED) is 0.803. The Kier molecular flexibility index (Phi) is 5.90. The van der Waals surface area contributed by atoms with Crippen molar-refractivity contribution in [3.05, 3.63) is 53.0 Å². The lowest BCUT2D eigenvalue weighted by molar-refractivity contribution is 0.117. The number of rotatable bonds is 7. The molecule has 0 spiro atoms. The highest BCUT2D eigenvalue weighted by atomic mass is 79.9. The zero-order chi connectivity index (χ0) is 15.1. The number of hydrogen-bond donors (Lipinski definition) is 2. The molecule has 0 aliphatic heterocycles. The fourth-order valence-electron chi connectivity index (χ4n) is 1.73. The van der Waals surface area contributed by atoms with Gasteiger partial charge in [-0.05, 0) is 48.5 Å². The number of aliphatic hydroxyl groups is 1. The molecule has 0 fully saturated rings. The third kappa shape index (κ3) is 5.28. The standard InChI is InChI=1S/C16H18BrNO3/c1-20-15-8-4-13(5-9-15)18-10-14(19)11-21-16-6-2-12(17)3-7-16/h2-9,14,18-19H,10-11H2,1H3. The van der Waals surface area contributed by atoms with Gasteiger partial charge in [-0.2, -0.15) is 0 Å². The van der Waals surface area contributed by atoms with Crippen molar-refractivity contribution in [1.82, 2.24) is 0 Å².